The predicted octanol–water partition coefficient (Wildman–Crippen LogP) is 2.56. The Morgan fingerprint density at radius 2 is 2.10 bits per heavy atom. The smallest absolute Gasteiger partial charge is 0.354 e. The Morgan fingerprint density at radius 3 is 2.80 bits per heavy atom. The van der Waals surface area contributed by atoms with Crippen LogP contribution in [0.1, 0.15) is 16.2 Å². The number of aromatic nitrogens is 1. The minimum absolute atomic E-state index is 0.178. The second-order valence-electron chi connectivity index (χ2n) is 4.09. The molecule has 1 aromatic carbocycles. The van der Waals surface area contributed by atoms with Crippen LogP contribution in [-0.2, 0) is 11.3 Å². The van der Waals surface area contributed by atoms with Crippen molar-refractivity contribution in [2.45, 2.75) is 6.54 Å². The third kappa shape index (κ3) is 3.09. The van der Waals surface area contributed by atoms with Gasteiger partial charge < -0.3 is 19.8 Å². The van der Waals surface area contributed by atoms with E-state index in [1.807, 2.05) is 0 Å². The lowest BCUT2D eigenvalue weighted by Gasteiger charge is -2.08. The fourth-order valence-electron chi connectivity index (χ4n) is 1.74. The Morgan fingerprint density at radius 1 is 1.30 bits per heavy atom. The number of hydrogen-bond acceptors (Lipinski definition) is 4. The lowest BCUT2D eigenvalue weighted by atomic mass is 10.3. The third-order valence-corrected chi connectivity index (χ3v) is 2.79. The van der Waals surface area contributed by atoms with E-state index in [0.29, 0.717) is 12.2 Å². The third-order valence-electron chi connectivity index (χ3n) is 2.79. The Balaban J connectivity index is 2.01. The molecule has 6 heteroatoms. The summed E-state index contributed by atoms with van der Waals surface area (Å²) in [6, 6.07) is 7.94. The van der Waals surface area contributed by atoms with Crippen LogP contribution in [0.5, 0.6) is 5.75 Å². The van der Waals surface area contributed by atoms with Crippen molar-refractivity contribution < 1.29 is 18.7 Å². The van der Waals surface area contributed by atoms with Crippen molar-refractivity contribution in [3.63, 3.8) is 0 Å². The molecule has 0 amide bonds. The number of carbonyl (C=O) groups excluding carboxylic acids is 1. The number of anilines is 1. The standard InChI is InChI=1S/C14H15FN2O3/c1-19-13-7-9(3-5-11(13)15)16-8-10-4-6-12(17-10)14(18)20-2/h3-7,16-17H,8H2,1-2H3. The Bertz CT molecular complexity index is 610. The summed E-state index contributed by atoms with van der Waals surface area (Å²) in [5.41, 5.74) is 1.92. The molecule has 2 aromatic rings. The molecule has 0 unspecified atom stereocenters. The molecule has 0 saturated heterocycles. The molecular formula is C14H15FN2O3. The average molecular weight is 278 g/mol. The maximum Gasteiger partial charge on any atom is 0.354 e. The molecule has 1 aromatic heterocycles. The Labute approximate surface area is 115 Å². The van der Waals surface area contributed by atoms with Crippen LogP contribution in [0.25, 0.3) is 0 Å². The van der Waals surface area contributed by atoms with Crippen LogP contribution >= 0.6 is 0 Å². The van der Waals surface area contributed by atoms with E-state index < -0.39 is 11.8 Å². The van der Waals surface area contributed by atoms with Crippen LogP contribution in [0.3, 0.4) is 0 Å². The zero-order valence-corrected chi connectivity index (χ0v) is 11.2. The number of aromatic amines is 1. The highest BCUT2D eigenvalue weighted by Gasteiger charge is 2.08. The molecule has 1 heterocycles. The number of carbonyl (C=O) groups is 1. The largest absolute Gasteiger partial charge is 0.494 e. The second-order valence-corrected chi connectivity index (χ2v) is 4.09. The Kier molecular flexibility index (Phi) is 4.24. The van der Waals surface area contributed by atoms with Crippen molar-refractivity contribution in [3.05, 3.63) is 47.5 Å². The van der Waals surface area contributed by atoms with Crippen LogP contribution in [-0.4, -0.2) is 25.2 Å². The molecule has 0 radical (unpaired) electrons. The number of esters is 1. The number of benzene rings is 1. The van der Waals surface area contributed by atoms with Gasteiger partial charge in [0, 0.05) is 17.4 Å². The molecule has 0 bridgehead atoms. The van der Waals surface area contributed by atoms with Crippen molar-refractivity contribution in [1.29, 1.82) is 0 Å². The van der Waals surface area contributed by atoms with E-state index in [9.17, 15) is 9.18 Å². The van der Waals surface area contributed by atoms with Gasteiger partial charge in [0.2, 0.25) is 0 Å². The number of methoxy groups -OCH3 is 2. The van der Waals surface area contributed by atoms with Crippen molar-refractivity contribution >= 4 is 11.7 Å². The first kappa shape index (κ1) is 13.9. The van der Waals surface area contributed by atoms with Gasteiger partial charge in [0.15, 0.2) is 11.6 Å². The Hall–Kier alpha value is -2.50. The number of hydrogen-bond donors (Lipinski definition) is 2. The number of rotatable bonds is 5. The van der Waals surface area contributed by atoms with Gasteiger partial charge in [-0.1, -0.05) is 0 Å². The van der Waals surface area contributed by atoms with Gasteiger partial charge in [0.25, 0.3) is 0 Å². The maximum atomic E-state index is 13.3. The summed E-state index contributed by atoms with van der Waals surface area (Å²) >= 11 is 0. The van der Waals surface area contributed by atoms with Crippen LogP contribution < -0.4 is 10.1 Å². The molecule has 106 valence electrons. The molecular weight excluding hydrogens is 263 g/mol. The van der Waals surface area contributed by atoms with Gasteiger partial charge in [-0.05, 0) is 24.3 Å². The van der Waals surface area contributed by atoms with Crippen LogP contribution in [0.15, 0.2) is 30.3 Å². The highest BCUT2D eigenvalue weighted by Crippen LogP contribution is 2.21. The molecule has 0 aliphatic carbocycles. The van der Waals surface area contributed by atoms with E-state index in [1.165, 1.54) is 20.3 Å². The van der Waals surface area contributed by atoms with E-state index in [2.05, 4.69) is 15.0 Å². The number of halogens is 1. The number of ether oxygens (including phenoxy) is 2. The summed E-state index contributed by atoms with van der Waals surface area (Å²) < 4.78 is 22.8. The number of H-pyrrole nitrogens is 1. The van der Waals surface area contributed by atoms with E-state index >= 15 is 0 Å². The van der Waals surface area contributed by atoms with E-state index in [4.69, 9.17) is 4.74 Å². The van der Waals surface area contributed by atoms with Gasteiger partial charge in [-0.15, -0.1) is 0 Å². The topological polar surface area (TPSA) is 63.4 Å². The second kappa shape index (κ2) is 6.10. The first-order valence-corrected chi connectivity index (χ1v) is 5.97. The van der Waals surface area contributed by atoms with Gasteiger partial charge >= 0.3 is 5.97 Å². The summed E-state index contributed by atoms with van der Waals surface area (Å²) in [6.07, 6.45) is 0. The SMILES string of the molecule is COC(=O)c1ccc(CNc2ccc(F)c(OC)c2)[nH]1. The molecule has 0 fully saturated rings. The quantitative estimate of drug-likeness (QED) is 0.825. The van der Waals surface area contributed by atoms with E-state index in [-0.39, 0.29) is 5.75 Å². The highest BCUT2D eigenvalue weighted by atomic mass is 19.1. The molecule has 2 N–H and O–H groups in total. The van der Waals surface area contributed by atoms with Gasteiger partial charge in [0.1, 0.15) is 5.69 Å². The first-order chi connectivity index (χ1) is 9.63. The summed E-state index contributed by atoms with van der Waals surface area (Å²) in [5, 5.41) is 3.10. The van der Waals surface area contributed by atoms with Gasteiger partial charge in [-0.3, -0.25) is 0 Å². The normalized spacial score (nSPS) is 10.2. The minimum Gasteiger partial charge on any atom is -0.494 e. The predicted molar refractivity (Wildman–Crippen MR) is 72.4 cm³/mol. The average Bonchev–Trinajstić information content (AvgIpc) is 2.94. The summed E-state index contributed by atoms with van der Waals surface area (Å²) in [5.74, 6) is -0.651. The van der Waals surface area contributed by atoms with Crippen LogP contribution in [0, 0.1) is 5.82 Å². The maximum absolute atomic E-state index is 13.3. The van der Waals surface area contributed by atoms with Crippen molar-refractivity contribution in [2.24, 2.45) is 0 Å². The molecule has 0 saturated carbocycles. The summed E-state index contributed by atoms with van der Waals surface area (Å²) in [4.78, 5) is 14.2. The fraction of sp³-hybridized carbons (Fsp3) is 0.214. The monoisotopic (exact) mass is 278 g/mol. The van der Waals surface area contributed by atoms with Crippen molar-refractivity contribution in [1.82, 2.24) is 4.98 Å². The molecule has 0 atom stereocenters. The number of nitrogens with one attached hydrogen (secondary N) is 2. The lowest BCUT2D eigenvalue weighted by molar-refractivity contribution is 0.0594. The summed E-state index contributed by atoms with van der Waals surface area (Å²) in [6.45, 7) is 0.464. The zero-order valence-electron chi connectivity index (χ0n) is 11.2. The molecule has 0 aliphatic rings. The molecule has 0 spiro atoms. The zero-order chi connectivity index (χ0) is 14.5. The van der Waals surface area contributed by atoms with Crippen LogP contribution in [0.2, 0.25) is 0 Å². The molecule has 5 nitrogen and oxygen atoms in total. The van der Waals surface area contributed by atoms with E-state index in [1.54, 1.807) is 24.3 Å². The van der Waals surface area contributed by atoms with Gasteiger partial charge in [-0.25, -0.2) is 9.18 Å². The molecule has 20 heavy (non-hydrogen) atoms. The van der Waals surface area contributed by atoms with E-state index in [0.717, 1.165) is 11.4 Å². The van der Waals surface area contributed by atoms with Gasteiger partial charge in [-0.2, -0.15) is 0 Å². The molecule has 2 rings (SSSR count). The fourth-order valence-corrected chi connectivity index (χ4v) is 1.74. The van der Waals surface area contributed by atoms with Gasteiger partial charge in [0.05, 0.1) is 20.8 Å². The highest BCUT2D eigenvalue weighted by molar-refractivity contribution is 5.87. The first-order valence-electron chi connectivity index (χ1n) is 5.97. The lowest BCUT2D eigenvalue weighted by Crippen LogP contribution is -2.04. The van der Waals surface area contributed by atoms with Crippen molar-refractivity contribution in [2.75, 3.05) is 19.5 Å². The summed E-state index contributed by atoms with van der Waals surface area (Å²) in [7, 11) is 2.74. The molecule has 0 aliphatic heterocycles. The van der Waals surface area contributed by atoms with Crippen molar-refractivity contribution in [3.8, 4) is 5.75 Å². The van der Waals surface area contributed by atoms with Crippen LogP contribution in [0.4, 0.5) is 10.1 Å². The minimum atomic E-state index is -0.417.